The second-order valence-corrected chi connectivity index (χ2v) is 5.31. The maximum absolute atomic E-state index is 12.8. The zero-order valence-electron chi connectivity index (χ0n) is 14.6. The predicted octanol–water partition coefficient (Wildman–Crippen LogP) is 3.37. The lowest BCUT2D eigenvalue weighted by molar-refractivity contribution is -0.114. The molecule has 0 saturated carbocycles. The molecule has 0 atom stereocenters. The molecule has 1 amide bonds. The Labute approximate surface area is 160 Å². The number of hydrogen-bond donors (Lipinski definition) is 3. The predicted molar refractivity (Wildman–Crippen MR) is 108 cm³/mol. The zero-order chi connectivity index (χ0) is 17.1. The molecule has 1 aromatic rings. The number of amides is 1. The Bertz CT molecular complexity index is 504. The SMILES string of the molecule is CCNC(=NCC(=O)Nc1ccc(F)cc1)NCC(CC)CC.I. The van der Waals surface area contributed by atoms with E-state index in [1.165, 1.54) is 24.3 Å². The molecular formula is C17H28FIN4O. The number of rotatable bonds is 8. The standard InChI is InChI=1S/C17H27FN4O.HI/c1-4-13(5-2)11-20-17(19-6-3)21-12-16(23)22-15-9-7-14(18)8-10-15;/h7-10,13H,4-6,11-12H2,1-3H3,(H,22,23)(H2,19,20,21);1H. The Balaban J connectivity index is 0.00000529. The van der Waals surface area contributed by atoms with Crippen molar-refractivity contribution >= 4 is 41.5 Å². The van der Waals surface area contributed by atoms with Crippen LogP contribution in [0.3, 0.4) is 0 Å². The summed E-state index contributed by atoms with van der Waals surface area (Å²) in [4.78, 5) is 16.2. The lowest BCUT2D eigenvalue weighted by Gasteiger charge is -2.16. The third-order valence-corrected chi connectivity index (χ3v) is 3.57. The first-order valence-corrected chi connectivity index (χ1v) is 8.16. The number of benzene rings is 1. The molecule has 0 aliphatic rings. The van der Waals surface area contributed by atoms with E-state index >= 15 is 0 Å². The summed E-state index contributed by atoms with van der Waals surface area (Å²) in [6, 6.07) is 5.65. The molecule has 7 heteroatoms. The van der Waals surface area contributed by atoms with Gasteiger partial charge in [0.05, 0.1) is 0 Å². The number of halogens is 2. The number of carbonyl (C=O) groups is 1. The molecule has 1 aromatic carbocycles. The molecule has 0 radical (unpaired) electrons. The van der Waals surface area contributed by atoms with E-state index in [4.69, 9.17) is 0 Å². The van der Waals surface area contributed by atoms with Gasteiger partial charge in [0.1, 0.15) is 12.4 Å². The van der Waals surface area contributed by atoms with Crippen molar-refractivity contribution in [3.05, 3.63) is 30.1 Å². The summed E-state index contributed by atoms with van der Waals surface area (Å²) in [6.45, 7) is 7.88. The van der Waals surface area contributed by atoms with Crippen LogP contribution in [0.25, 0.3) is 0 Å². The van der Waals surface area contributed by atoms with Crippen molar-refractivity contribution in [1.29, 1.82) is 0 Å². The van der Waals surface area contributed by atoms with Gasteiger partial charge in [0.2, 0.25) is 5.91 Å². The molecule has 0 aliphatic heterocycles. The maximum atomic E-state index is 12.8. The van der Waals surface area contributed by atoms with Crippen LogP contribution in [0, 0.1) is 11.7 Å². The van der Waals surface area contributed by atoms with E-state index in [1.807, 2.05) is 6.92 Å². The summed E-state index contributed by atoms with van der Waals surface area (Å²) in [5.74, 6) is 0.651. The third-order valence-electron chi connectivity index (χ3n) is 3.57. The van der Waals surface area contributed by atoms with Gasteiger partial charge in [-0.15, -0.1) is 24.0 Å². The number of nitrogens with zero attached hydrogens (tertiary/aromatic N) is 1. The molecule has 0 aliphatic carbocycles. The monoisotopic (exact) mass is 450 g/mol. The zero-order valence-corrected chi connectivity index (χ0v) is 16.9. The smallest absolute Gasteiger partial charge is 0.246 e. The van der Waals surface area contributed by atoms with Gasteiger partial charge >= 0.3 is 0 Å². The van der Waals surface area contributed by atoms with Crippen molar-refractivity contribution in [2.75, 3.05) is 25.0 Å². The van der Waals surface area contributed by atoms with Gasteiger partial charge in [-0.1, -0.05) is 26.7 Å². The summed E-state index contributed by atoms with van der Waals surface area (Å²) in [5, 5.41) is 9.07. The minimum atomic E-state index is -0.332. The van der Waals surface area contributed by atoms with Crippen molar-refractivity contribution in [3.8, 4) is 0 Å². The summed E-state index contributed by atoms with van der Waals surface area (Å²) >= 11 is 0. The number of hydrogen-bond acceptors (Lipinski definition) is 2. The molecule has 0 aromatic heterocycles. The second kappa shape index (κ2) is 13.0. The average Bonchev–Trinajstić information content (AvgIpc) is 2.55. The van der Waals surface area contributed by atoms with Gasteiger partial charge in [-0.2, -0.15) is 0 Å². The highest BCUT2D eigenvalue weighted by atomic mass is 127. The first kappa shape index (κ1) is 22.6. The Kier molecular flexibility index (Phi) is 12.2. The minimum absolute atomic E-state index is 0. The van der Waals surface area contributed by atoms with E-state index in [0.717, 1.165) is 25.9 Å². The quantitative estimate of drug-likeness (QED) is 0.323. The van der Waals surface area contributed by atoms with Crippen LogP contribution in [0.15, 0.2) is 29.3 Å². The second-order valence-electron chi connectivity index (χ2n) is 5.31. The molecule has 136 valence electrons. The van der Waals surface area contributed by atoms with Crippen molar-refractivity contribution in [3.63, 3.8) is 0 Å². The molecule has 0 bridgehead atoms. The van der Waals surface area contributed by atoms with Crippen molar-refractivity contribution in [1.82, 2.24) is 10.6 Å². The molecule has 0 spiro atoms. The topological polar surface area (TPSA) is 65.5 Å². The van der Waals surface area contributed by atoms with Crippen LogP contribution in [0.1, 0.15) is 33.6 Å². The molecular weight excluding hydrogens is 422 g/mol. The fourth-order valence-corrected chi connectivity index (χ4v) is 2.04. The van der Waals surface area contributed by atoms with E-state index in [1.54, 1.807) is 0 Å². The molecule has 1 rings (SSSR count). The molecule has 3 N–H and O–H groups in total. The summed E-state index contributed by atoms with van der Waals surface area (Å²) in [5.41, 5.74) is 0.557. The van der Waals surface area contributed by atoms with E-state index in [0.29, 0.717) is 17.6 Å². The molecule has 5 nitrogen and oxygen atoms in total. The molecule has 24 heavy (non-hydrogen) atoms. The van der Waals surface area contributed by atoms with E-state index in [-0.39, 0.29) is 42.2 Å². The Morgan fingerprint density at radius 3 is 2.29 bits per heavy atom. The minimum Gasteiger partial charge on any atom is -0.357 e. The van der Waals surface area contributed by atoms with Crippen LogP contribution in [0.2, 0.25) is 0 Å². The van der Waals surface area contributed by atoms with Gasteiger partial charge < -0.3 is 16.0 Å². The van der Waals surface area contributed by atoms with Crippen LogP contribution < -0.4 is 16.0 Å². The van der Waals surface area contributed by atoms with Gasteiger partial charge in [0.15, 0.2) is 5.96 Å². The van der Waals surface area contributed by atoms with Gasteiger partial charge in [-0.3, -0.25) is 4.79 Å². The van der Waals surface area contributed by atoms with Gasteiger partial charge in [0.25, 0.3) is 0 Å². The van der Waals surface area contributed by atoms with Crippen molar-refractivity contribution in [2.24, 2.45) is 10.9 Å². The summed E-state index contributed by atoms with van der Waals surface area (Å²) in [6.07, 6.45) is 2.21. The normalized spacial score (nSPS) is 11.0. The first-order valence-electron chi connectivity index (χ1n) is 8.16. The Morgan fingerprint density at radius 2 is 1.75 bits per heavy atom. The largest absolute Gasteiger partial charge is 0.357 e. The lowest BCUT2D eigenvalue weighted by atomic mass is 10.0. The van der Waals surface area contributed by atoms with E-state index in [9.17, 15) is 9.18 Å². The Hall–Kier alpha value is -1.38. The van der Waals surface area contributed by atoms with E-state index in [2.05, 4.69) is 34.8 Å². The number of guanidine groups is 1. The van der Waals surface area contributed by atoms with Crippen LogP contribution >= 0.6 is 24.0 Å². The molecule has 0 fully saturated rings. The summed E-state index contributed by atoms with van der Waals surface area (Å²) in [7, 11) is 0. The van der Waals surface area contributed by atoms with Crippen LogP contribution in [-0.2, 0) is 4.79 Å². The first-order chi connectivity index (χ1) is 11.1. The van der Waals surface area contributed by atoms with Crippen LogP contribution in [-0.4, -0.2) is 31.5 Å². The molecule has 0 saturated heterocycles. The Morgan fingerprint density at radius 1 is 1.12 bits per heavy atom. The summed E-state index contributed by atoms with van der Waals surface area (Å²) < 4.78 is 12.8. The number of carbonyl (C=O) groups excluding carboxylic acids is 1. The fourth-order valence-electron chi connectivity index (χ4n) is 2.04. The third kappa shape index (κ3) is 9.05. The van der Waals surface area contributed by atoms with E-state index < -0.39 is 0 Å². The van der Waals surface area contributed by atoms with Crippen LogP contribution in [0.5, 0.6) is 0 Å². The van der Waals surface area contributed by atoms with Gasteiger partial charge in [-0.05, 0) is 37.1 Å². The molecule has 0 heterocycles. The highest BCUT2D eigenvalue weighted by Gasteiger charge is 2.06. The number of anilines is 1. The van der Waals surface area contributed by atoms with Gasteiger partial charge in [-0.25, -0.2) is 9.38 Å². The van der Waals surface area contributed by atoms with Gasteiger partial charge in [0, 0.05) is 18.8 Å². The number of nitrogens with one attached hydrogen (secondary N) is 3. The van der Waals surface area contributed by atoms with Crippen molar-refractivity contribution < 1.29 is 9.18 Å². The van der Waals surface area contributed by atoms with Crippen LogP contribution in [0.4, 0.5) is 10.1 Å². The highest BCUT2D eigenvalue weighted by Crippen LogP contribution is 2.08. The lowest BCUT2D eigenvalue weighted by Crippen LogP contribution is -2.40. The average molecular weight is 450 g/mol. The highest BCUT2D eigenvalue weighted by molar-refractivity contribution is 14.0. The number of aliphatic imine (C=N–C) groups is 1. The fraction of sp³-hybridized carbons (Fsp3) is 0.529. The molecule has 0 unspecified atom stereocenters. The van der Waals surface area contributed by atoms with Crippen molar-refractivity contribution in [2.45, 2.75) is 33.6 Å². The maximum Gasteiger partial charge on any atom is 0.246 e.